The molecule has 0 saturated heterocycles. The normalized spacial score (nSPS) is 12.1. The third-order valence-electron chi connectivity index (χ3n) is 1.58. The molecule has 0 aromatic carbocycles. The smallest absolute Gasteiger partial charge is 0.217 e. The van der Waals surface area contributed by atoms with Crippen molar-refractivity contribution in [1.29, 1.82) is 0 Å². The Morgan fingerprint density at radius 1 is 1.50 bits per heavy atom. The third kappa shape index (κ3) is 5.71. The molecule has 0 aromatic heterocycles. The molecule has 0 fully saturated rings. The standard InChI is InChI=1S/C10H17NO/c1-4-10(5-2)7-6-8-11-9(3)12/h4,6-7H,5,8H2,1-3H3,(H,11,12). The Labute approximate surface area is 74.4 Å². The molecule has 2 heteroatoms. The molecule has 0 radical (unpaired) electrons. The van der Waals surface area contributed by atoms with Crippen molar-refractivity contribution in [1.82, 2.24) is 5.32 Å². The molecule has 1 N–H and O–H groups in total. The molecule has 68 valence electrons. The van der Waals surface area contributed by atoms with E-state index < -0.39 is 0 Å². The first kappa shape index (κ1) is 11.0. The molecular weight excluding hydrogens is 150 g/mol. The summed E-state index contributed by atoms with van der Waals surface area (Å²) in [6.07, 6.45) is 7.10. The molecule has 0 bridgehead atoms. The molecule has 0 heterocycles. The van der Waals surface area contributed by atoms with Crippen LogP contribution in [0.3, 0.4) is 0 Å². The molecule has 0 atom stereocenters. The zero-order valence-corrected chi connectivity index (χ0v) is 8.05. The molecule has 0 aliphatic rings. The number of hydrogen-bond donors (Lipinski definition) is 1. The maximum atomic E-state index is 10.5. The number of carbonyl (C=O) groups excluding carboxylic acids is 1. The zero-order chi connectivity index (χ0) is 9.40. The number of amides is 1. The van der Waals surface area contributed by atoms with Crippen molar-refractivity contribution in [3.63, 3.8) is 0 Å². The van der Waals surface area contributed by atoms with Gasteiger partial charge in [0.05, 0.1) is 0 Å². The maximum absolute atomic E-state index is 10.5. The van der Waals surface area contributed by atoms with E-state index in [1.54, 1.807) is 0 Å². The first-order valence-corrected chi connectivity index (χ1v) is 4.26. The van der Waals surface area contributed by atoms with E-state index in [0.29, 0.717) is 6.54 Å². The summed E-state index contributed by atoms with van der Waals surface area (Å²) in [6, 6.07) is 0. The Hall–Kier alpha value is -1.05. The highest BCUT2D eigenvalue weighted by Gasteiger charge is 1.86. The van der Waals surface area contributed by atoms with Gasteiger partial charge in [-0.1, -0.05) is 30.7 Å². The number of allylic oxidation sites excluding steroid dienone is 3. The topological polar surface area (TPSA) is 29.1 Å². The molecular formula is C10H17NO. The largest absolute Gasteiger partial charge is 0.353 e. The van der Waals surface area contributed by atoms with Crippen LogP contribution in [0.2, 0.25) is 0 Å². The highest BCUT2D eigenvalue weighted by molar-refractivity contribution is 5.72. The van der Waals surface area contributed by atoms with Crippen LogP contribution < -0.4 is 5.32 Å². The van der Waals surface area contributed by atoms with Gasteiger partial charge in [0.25, 0.3) is 0 Å². The monoisotopic (exact) mass is 167 g/mol. The quantitative estimate of drug-likeness (QED) is 0.638. The summed E-state index contributed by atoms with van der Waals surface area (Å²) in [5, 5.41) is 2.70. The Bertz CT molecular complexity index is 192. The molecule has 12 heavy (non-hydrogen) atoms. The van der Waals surface area contributed by atoms with Gasteiger partial charge in [0, 0.05) is 13.5 Å². The van der Waals surface area contributed by atoms with Crippen molar-refractivity contribution in [2.45, 2.75) is 27.2 Å². The Morgan fingerprint density at radius 2 is 2.17 bits per heavy atom. The summed E-state index contributed by atoms with van der Waals surface area (Å²) >= 11 is 0. The van der Waals surface area contributed by atoms with Crippen LogP contribution in [0, 0.1) is 0 Å². The van der Waals surface area contributed by atoms with E-state index >= 15 is 0 Å². The fourth-order valence-electron chi connectivity index (χ4n) is 0.831. The van der Waals surface area contributed by atoms with Gasteiger partial charge < -0.3 is 5.32 Å². The van der Waals surface area contributed by atoms with Crippen molar-refractivity contribution in [3.8, 4) is 0 Å². The van der Waals surface area contributed by atoms with Gasteiger partial charge in [-0.2, -0.15) is 0 Å². The lowest BCUT2D eigenvalue weighted by Gasteiger charge is -1.96. The lowest BCUT2D eigenvalue weighted by atomic mass is 10.2. The van der Waals surface area contributed by atoms with Crippen molar-refractivity contribution < 1.29 is 4.79 Å². The van der Waals surface area contributed by atoms with Crippen LogP contribution >= 0.6 is 0 Å². The van der Waals surface area contributed by atoms with Crippen LogP contribution in [0.1, 0.15) is 27.2 Å². The van der Waals surface area contributed by atoms with Crippen LogP contribution in [-0.2, 0) is 4.79 Å². The lowest BCUT2D eigenvalue weighted by Crippen LogP contribution is -2.19. The first-order valence-electron chi connectivity index (χ1n) is 4.26. The summed E-state index contributed by atoms with van der Waals surface area (Å²) in [5.74, 6) is 0.0122. The Balaban J connectivity index is 3.68. The molecule has 0 rings (SSSR count). The van der Waals surface area contributed by atoms with Crippen LogP contribution in [0.15, 0.2) is 23.8 Å². The summed E-state index contributed by atoms with van der Waals surface area (Å²) in [7, 11) is 0. The highest BCUT2D eigenvalue weighted by atomic mass is 16.1. The van der Waals surface area contributed by atoms with Crippen molar-refractivity contribution >= 4 is 5.91 Å². The average molecular weight is 167 g/mol. The second kappa shape index (κ2) is 6.65. The van der Waals surface area contributed by atoms with Gasteiger partial charge in [0.15, 0.2) is 0 Å². The fourth-order valence-corrected chi connectivity index (χ4v) is 0.831. The number of nitrogens with one attached hydrogen (secondary N) is 1. The van der Waals surface area contributed by atoms with E-state index in [1.807, 2.05) is 19.1 Å². The number of hydrogen-bond acceptors (Lipinski definition) is 1. The summed E-state index contributed by atoms with van der Waals surface area (Å²) in [5.41, 5.74) is 1.29. The second-order valence-corrected chi connectivity index (χ2v) is 2.56. The van der Waals surface area contributed by atoms with E-state index in [2.05, 4.69) is 18.3 Å². The van der Waals surface area contributed by atoms with E-state index in [0.717, 1.165) is 6.42 Å². The van der Waals surface area contributed by atoms with E-state index in [4.69, 9.17) is 0 Å². The molecule has 0 saturated carbocycles. The van der Waals surface area contributed by atoms with Gasteiger partial charge in [-0.3, -0.25) is 4.79 Å². The molecule has 2 nitrogen and oxygen atoms in total. The average Bonchev–Trinajstić information content (AvgIpc) is 2.04. The van der Waals surface area contributed by atoms with Gasteiger partial charge >= 0.3 is 0 Å². The first-order chi connectivity index (χ1) is 5.70. The zero-order valence-electron chi connectivity index (χ0n) is 8.05. The Kier molecular flexibility index (Phi) is 6.07. The molecule has 0 aliphatic carbocycles. The highest BCUT2D eigenvalue weighted by Crippen LogP contribution is 2.00. The van der Waals surface area contributed by atoms with Crippen molar-refractivity contribution in [2.75, 3.05) is 6.54 Å². The van der Waals surface area contributed by atoms with Crippen molar-refractivity contribution in [2.24, 2.45) is 0 Å². The molecule has 0 unspecified atom stereocenters. The molecule has 0 aliphatic heterocycles. The fraction of sp³-hybridized carbons (Fsp3) is 0.500. The van der Waals surface area contributed by atoms with Gasteiger partial charge in [-0.15, -0.1) is 0 Å². The predicted octanol–water partition coefficient (Wildman–Crippen LogP) is 2.04. The maximum Gasteiger partial charge on any atom is 0.217 e. The van der Waals surface area contributed by atoms with Gasteiger partial charge in [0.2, 0.25) is 5.91 Å². The van der Waals surface area contributed by atoms with E-state index in [-0.39, 0.29) is 5.91 Å². The minimum atomic E-state index is 0.0122. The van der Waals surface area contributed by atoms with Gasteiger partial charge in [0.1, 0.15) is 0 Å². The third-order valence-corrected chi connectivity index (χ3v) is 1.58. The van der Waals surface area contributed by atoms with Crippen LogP contribution in [0.4, 0.5) is 0 Å². The van der Waals surface area contributed by atoms with Crippen molar-refractivity contribution in [3.05, 3.63) is 23.8 Å². The van der Waals surface area contributed by atoms with E-state index in [9.17, 15) is 4.79 Å². The van der Waals surface area contributed by atoms with Crippen LogP contribution in [0.5, 0.6) is 0 Å². The minimum Gasteiger partial charge on any atom is -0.353 e. The minimum absolute atomic E-state index is 0.0122. The number of carbonyl (C=O) groups is 1. The summed E-state index contributed by atoms with van der Waals surface area (Å²) in [6.45, 7) is 6.26. The second-order valence-electron chi connectivity index (χ2n) is 2.56. The number of rotatable bonds is 4. The van der Waals surface area contributed by atoms with Crippen LogP contribution in [-0.4, -0.2) is 12.5 Å². The SMILES string of the molecule is CC=C(C=CCNC(C)=O)CC. The van der Waals surface area contributed by atoms with Crippen LogP contribution in [0.25, 0.3) is 0 Å². The predicted molar refractivity (Wildman–Crippen MR) is 51.9 cm³/mol. The lowest BCUT2D eigenvalue weighted by molar-refractivity contribution is -0.118. The van der Waals surface area contributed by atoms with E-state index in [1.165, 1.54) is 12.5 Å². The molecule has 0 aromatic rings. The molecule has 0 spiro atoms. The summed E-state index contributed by atoms with van der Waals surface area (Å²) in [4.78, 5) is 10.5. The Morgan fingerprint density at radius 3 is 2.58 bits per heavy atom. The van der Waals surface area contributed by atoms with Gasteiger partial charge in [-0.05, 0) is 13.3 Å². The summed E-state index contributed by atoms with van der Waals surface area (Å²) < 4.78 is 0. The van der Waals surface area contributed by atoms with Gasteiger partial charge in [-0.25, -0.2) is 0 Å². The molecule has 1 amide bonds.